The maximum absolute atomic E-state index is 5.49. The fraction of sp³-hybridized carbons (Fsp3) is 1.00. The number of nitrogens with one attached hydrogen (secondary N) is 1. The van der Waals surface area contributed by atoms with Crippen LogP contribution in [-0.2, 0) is 4.74 Å². The molecule has 0 aliphatic carbocycles. The Morgan fingerprint density at radius 2 is 1.79 bits per heavy atom. The molecule has 0 fully saturated rings. The molecule has 0 aromatic rings. The minimum Gasteiger partial charge on any atom is -0.381 e. The number of hydrogen-bond donors (Lipinski definition) is 2. The van der Waals surface area contributed by atoms with Crippen LogP contribution in [0.25, 0.3) is 0 Å². The molecule has 0 amide bonds. The second kappa shape index (κ2) is 9.81. The summed E-state index contributed by atoms with van der Waals surface area (Å²) in [5.74, 6) is 0. The number of thiol groups is 1. The molecule has 0 rings (SSSR count). The highest BCUT2D eigenvalue weighted by molar-refractivity contribution is 7.80. The van der Waals surface area contributed by atoms with E-state index in [2.05, 4.69) is 38.7 Å². The lowest BCUT2D eigenvalue weighted by atomic mass is 10.2. The Bertz CT molecular complexity index is 104. The highest BCUT2D eigenvalue weighted by Gasteiger charge is 1.95. The summed E-state index contributed by atoms with van der Waals surface area (Å²) >= 11 is 4.31. The van der Waals surface area contributed by atoms with Crippen molar-refractivity contribution in [2.24, 2.45) is 0 Å². The van der Waals surface area contributed by atoms with E-state index in [1.54, 1.807) is 0 Å². The Labute approximate surface area is 94.2 Å². The van der Waals surface area contributed by atoms with Gasteiger partial charge in [0.25, 0.3) is 0 Å². The van der Waals surface area contributed by atoms with E-state index in [4.69, 9.17) is 4.74 Å². The van der Waals surface area contributed by atoms with Gasteiger partial charge in [-0.2, -0.15) is 12.6 Å². The van der Waals surface area contributed by atoms with Crippen molar-refractivity contribution in [2.75, 3.05) is 19.8 Å². The van der Waals surface area contributed by atoms with Crippen LogP contribution in [0.3, 0.4) is 0 Å². The van der Waals surface area contributed by atoms with Gasteiger partial charge >= 0.3 is 0 Å². The van der Waals surface area contributed by atoms with Crippen LogP contribution in [0.15, 0.2) is 0 Å². The molecule has 0 saturated carbocycles. The van der Waals surface area contributed by atoms with Gasteiger partial charge in [0.1, 0.15) is 0 Å². The molecule has 86 valence electrons. The van der Waals surface area contributed by atoms with E-state index in [1.807, 2.05) is 0 Å². The highest BCUT2D eigenvalue weighted by Crippen LogP contribution is 2.02. The molecule has 3 heteroatoms. The average molecular weight is 219 g/mol. The minimum absolute atomic E-state index is 0.501. The zero-order chi connectivity index (χ0) is 10.8. The third-order valence-corrected chi connectivity index (χ3v) is 2.19. The van der Waals surface area contributed by atoms with E-state index in [1.165, 1.54) is 0 Å². The van der Waals surface area contributed by atoms with Crippen LogP contribution in [0.4, 0.5) is 0 Å². The third-order valence-electron chi connectivity index (χ3n) is 1.93. The molecule has 0 heterocycles. The second-order valence-electron chi connectivity index (χ2n) is 4.07. The van der Waals surface area contributed by atoms with Crippen molar-refractivity contribution in [1.29, 1.82) is 0 Å². The zero-order valence-electron chi connectivity index (χ0n) is 9.75. The standard InChI is InChI=1S/C11H25NOS/c1-10(2)12-7-5-9-13-8-4-6-11(3)14/h10-12,14H,4-9H2,1-3H3. The fourth-order valence-corrected chi connectivity index (χ4v) is 1.33. The fourth-order valence-electron chi connectivity index (χ4n) is 1.15. The van der Waals surface area contributed by atoms with Gasteiger partial charge in [0, 0.05) is 19.3 Å². The molecule has 0 saturated heterocycles. The smallest absolute Gasteiger partial charge is 0.0478 e. The lowest BCUT2D eigenvalue weighted by Crippen LogP contribution is -2.24. The van der Waals surface area contributed by atoms with Gasteiger partial charge in [-0.3, -0.25) is 0 Å². The van der Waals surface area contributed by atoms with E-state index < -0.39 is 0 Å². The summed E-state index contributed by atoms with van der Waals surface area (Å²) in [5.41, 5.74) is 0. The summed E-state index contributed by atoms with van der Waals surface area (Å²) in [5, 5.41) is 3.86. The first-order chi connectivity index (χ1) is 6.63. The average Bonchev–Trinajstić information content (AvgIpc) is 2.08. The molecule has 1 atom stereocenters. The summed E-state index contributed by atoms with van der Waals surface area (Å²) in [6.07, 6.45) is 3.38. The largest absolute Gasteiger partial charge is 0.381 e. The van der Waals surface area contributed by atoms with E-state index in [0.29, 0.717) is 11.3 Å². The summed E-state index contributed by atoms with van der Waals surface area (Å²) in [4.78, 5) is 0. The van der Waals surface area contributed by atoms with Crippen molar-refractivity contribution in [3.8, 4) is 0 Å². The van der Waals surface area contributed by atoms with Gasteiger partial charge in [-0.25, -0.2) is 0 Å². The maximum Gasteiger partial charge on any atom is 0.0478 e. The molecule has 0 aromatic carbocycles. The molecule has 0 aliphatic heterocycles. The zero-order valence-corrected chi connectivity index (χ0v) is 10.6. The van der Waals surface area contributed by atoms with Crippen molar-refractivity contribution in [2.45, 2.75) is 51.3 Å². The maximum atomic E-state index is 5.49. The quantitative estimate of drug-likeness (QED) is 0.459. The number of hydrogen-bond acceptors (Lipinski definition) is 3. The minimum atomic E-state index is 0.501. The molecular formula is C11H25NOS. The summed E-state index contributed by atoms with van der Waals surface area (Å²) in [7, 11) is 0. The first-order valence-electron chi connectivity index (χ1n) is 5.62. The Morgan fingerprint density at radius 3 is 2.36 bits per heavy atom. The SMILES string of the molecule is CC(S)CCCOCCCNC(C)C. The lowest BCUT2D eigenvalue weighted by Gasteiger charge is -2.08. The molecule has 0 aliphatic rings. The van der Waals surface area contributed by atoms with Gasteiger partial charge in [0.05, 0.1) is 0 Å². The molecule has 0 bridgehead atoms. The van der Waals surface area contributed by atoms with E-state index >= 15 is 0 Å². The Balaban J connectivity index is 2.92. The molecular weight excluding hydrogens is 194 g/mol. The first-order valence-corrected chi connectivity index (χ1v) is 6.13. The Hall–Kier alpha value is 0.270. The third kappa shape index (κ3) is 12.3. The van der Waals surface area contributed by atoms with Crippen LogP contribution in [0.5, 0.6) is 0 Å². The molecule has 14 heavy (non-hydrogen) atoms. The molecule has 2 nitrogen and oxygen atoms in total. The second-order valence-corrected chi connectivity index (χ2v) is 4.95. The van der Waals surface area contributed by atoms with Crippen LogP contribution >= 0.6 is 12.6 Å². The molecule has 1 N–H and O–H groups in total. The Morgan fingerprint density at radius 1 is 1.14 bits per heavy atom. The Kier molecular flexibility index (Phi) is 10.0. The monoisotopic (exact) mass is 219 g/mol. The van der Waals surface area contributed by atoms with Gasteiger partial charge in [0.2, 0.25) is 0 Å². The predicted molar refractivity (Wildman–Crippen MR) is 66.3 cm³/mol. The predicted octanol–water partition coefficient (Wildman–Crippen LogP) is 2.49. The van der Waals surface area contributed by atoms with E-state index in [-0.39, 0.29) is 0 Å². The highest BCUT2D eigenvalue weighted by atomic mass is 32.1. The molecule has 0 radical (unpaired) electrons. The first kappa shape index (κ1) is 14.3. The van der Waals surface area contributed by atoms with Gasteiger partial charge in [-0.1, -0.05) is 20.8 Å². The normalized spacial score (nSPS) is 13.5. The molecule has 1 unspecified atom stereocenters. The van der Waals surface area contributed by atoms with Crippen LogP contribution in [-0.4, -0.2) is 31.1 Å². The van der Waals surface area contributed by atoms with Crippen LogP contribution < -0.4 is 5.32 Å². The van der Waals surface area contributed by atoms with Gasteiger partial charge in [0.15, 0.2) is 0 Å². The van der Waals surface area contributed by atoms with Crippen molar-refractivity contribution in [3.05, 3.63) is 0 Å². The van der Waals surface area contributed by atoms with E-state index in [0.717, 1.165) is 39.0 Å². The lowest BCUT2D eigenvalue weighted by molar-refractivity contribution is 0.127. The molecule has 0 aromatic heterocycles. The van der Waals surface area contributed by atoms with Crippen molar-refractivity contribution < 1.29 is 4.74 Å². The van der Waals surface area contributed by atoms with Crippen molar-refractivity contribution in [3.63, 3.8) is 0 Å². The number of ether oxygens (including phenoxy) is 1. The van der Waals surface area contributed by atoms with Crippen LogP contribution in [0.1, 0.15) is 40.0 Å². The van der Waals surface area contributed by atoms with Gasteiger partial charge in [-0.15, -0.1) is 0 Å². The van der Waals surface area contributed by atoms with Crippen LogP contribution in [0.2, 0.25) is 0 Å². The topological polar surface area (TPSA) is 21.3 Å². The molecule has 0 spiro atoms. The summed E-state index contributed by atoms with van der Waals surface area (Å²) in [6.45, 7) is 9.26. The van der Waals surface area contributed by atoms with E-state index in [9.17, 15) is 0 Å². The van der Waals surface area contributed by atoms with Gasteiger partial charge in [-0.05, 0) is 31.1 Å². The van der Waals surface area contributed by atoms with Gasteiger partial charge < -0.3 is 10.1 Å². The van der Waals surface area contributed by atoms with Crippen molar-refractivity contribution >= 4 is 12.6 Å². The summed E-state index contributed by atoms with van der Waals surface area (Å²) < 4.78 is 5.49. The van der Waals surface area contributed by atoms with Crippen LogP contribution in [0, 0.1) is 0 Å². The number of rotatable bonds is 9. The summed E-state index contributed by atoms with van der Waals surface area (Å²) in [6, 6.07) is 0.583. The van der Waals surface area contributed by atoms with Crippen molar-refractivity contribution in [1.82, 2.24) is 5.32 Å².